The number of ether oxygens (including phenoxy) is 1. The summed E-state index contributed by atoms with van der Waals surface area (Å²) in [5, 5.41) is 0. The van der Waals surface area contributed by atoms with Crippen molar-refractivity contribution < 1.29 is 53.4 Å². The maximum absolute atomic E-state index is 13.0. The largest absolute Gasteiger partial charge is 0.462 e. The van der Waals surface area contributed by atoms with Crippen LogP contribution in [-0.2, 0) is 9.53 Å². The van der Waals surface area contributed by atoms with E-state index in [4.69, 9.17) is 0 Å². The van der Waals surface area contributed by atoms with Crippen LogP contribution in [0.2, 0.25) is 0 Å². The SMILES string of the molecule is CCC(F)(F)C(F)(F)CCOC(=O)/C(=C\C(F)(F)F)C(F)(F)F. The number of esters is 1. The first-order valence-corrected chi connectivity index (χ1v) is 5.83. The highest BCUT2D eigenvalue weighted by atomic mass is 19.4. The molecule has 0 aromatic heterocycles. The van der Waals surface area contributed by atoms with Crippen LogP contribution in [0, 0.1) is 0 Å². The first-order chi connectivity index (χ1) is 10.0. The Balaban J connectivity index is 4.97. The fourth-order valence-electron chi connectivity index (χ4n) is 1.21. The van der Waals surface area contributed by atoms with Gasteiger partial charge in [-0.3, -0.25) is 0 Å². The molecule has 0 amide bonds. The van der Waals surface area contributed by atoms with Crippen molar-refractivity contribution in [3.8, 4) is 0 Å². The van der Waals surface area contributed by atoms with Crippen LogP contribution in [0.5, 0.6) is 0 Å². The highest BCUT2D eigenvalue weighted by Crippen LogP contribution is 2.39. The molecule has 0 heterocycles. The number of carbonyl (C=O) groups is 1. The van der Waals surface area contributed by atoms with Crippen LogP contribution in [0.1, 0.15) is 19.8 Å². The lowest BCUT2D eigenvalue weighted by Crippen LogP contribution is -2.41. The number of hydrogen-bond acceptors (Lipinski definition) is 2. The summed E-state index contributed by atoms with van der Waals surface area (Å²) >= 11 is 0. The Labute approximate surface area is 123 Å². The quantitative estimate of drug-likeness (QED) is 0.390. The van der Waals surface area contributed by atoms with Gasteiger partial charge in [-0.15, -0.1) is 0 Å². The minimum atomic E-state index is -5.76. The molecule has 0 fully saturated rings. The number of halogens is 10. The molecule has 136 valence electrons. The van der Waals surface area contributed by atoms with Crippen molar-refractivity contribution in [1.82, 2.24) is 0 Å². The normalized spacial score (nSPS) is 14.8. The van der Waals surface area contributed by atoms with Crippen molar-refractivity contribution in [2.24, 2.45) is 0 Å². The minimum Gasteiger partial charge on any atom is -0.462 e. The summed E-state index contributed by atoms with van der Waals surface area (Å²) in [6.07, 6.45) is -15.8. The van der Waals surface area contributed by atoms with E-state index < -0.39 is 61.3 Å². The topological polar surface area (TPSA) is 26.3 Å². The maximum atomic E-state index is 13.0. The lowest BCUT2D eigenvalue weighted by molar-refractivity contribution is -0.217. The van der Waals surface area contributed by atoms with Gasteiger partial charge in [0, 0.05) is 12.5 Å². The van der Waals surface area contributed by atoms with Crippen LogP contribution >= 0.6 is 0 Å². The van der Waals surface area contributed by atoms with Crippen LogP contribution in [0.3, 0.4) is 0 Å². The molecule has 0 N–H and O–H groups in total. The molecule has 0 spiro atoms. The van der Waals surface area contributed by atoms with Crippen molar-refractivity contribution in [3.63, 3.8) is 0 Å². The third kappa shape index (κ3) is 6.65. The Morgan fingerprint density at radius 3 is 1.74 bits per heavy atom. The molecule has 2 nitrogen and oxygen atoms in total. The molecule has 0 aliphatic rings. The van der Waals surface area contributed by atoms with Crippen molar-refractivity contribution in [2.45, 2.75) is 44.0 Å². The molecule has 0 aliphatic carbocycles. The van der Waals surface area contributed by atoms with E-state index in [2.05, 4.69) is 4.74 Å². The molecule has 0 rings (SSSR count). The fourth-order valence-corrected chi connectivity index (χ4v) is 1.21. The Morgan fingerprint density at radius 2 is 1.39 bits per heavy atom. The van der Waals surface area contributed by atoms with Gasteiger partial charge in [-0.05, 0) is 0 Å². The highest BCUT2D eigenvalue weighted by molar-refractivity contribution is 5.90. The summed E-state index contributed by atoms with van der Waals surface area (Å²) in [5.41, 5.74) is -2.78. The van der Waals surface area contributed by atoms with Gasteiger partial charge in [0.15, 0.2) is 0 Å². The molecule has 0 saturated carbocycles. The van der Waals surface area contributed by atoms with Gasteiger partial charge in [0.1, 0.15) is 5.57 Å². The summed E-state index contributed by atoms with van der Waals surface area (Å²) in [5.74, 6) is -11.8. The predicted octanol–water partition coefficient (Wildman–Crippen LogP) is 4.65. The third-order valence-electron chi connectivity index (χ3n) is 2.46. The molecule has 12 heteroatoms. The Morgan fingerprint density at radius 1 is 0.913 bits per heavy atom. The summed E-state index contributed by atoms with van der Waals surface area (Å²) in [7, 11) is 0. The lowest BCUT2D eigenvalue weighted by Gasteiger charge is -2.25. The van der Waals surface area contributed by atoms with E-state index in [0.29, 0.717) is 6.92 Å². The number of hydrogen-bond donors (Lipinski definition) is 0. The number of alkyl halides is 10. The average Bonchev–Trinajstić information content (AvgIpc) is 2.33. The lowest BCUT2D eigenvalue weighted by atomic mass is 10.1. The average molecular weight is 364 g/mol. The van der Waals surface area contributed by atoms with Gasteiger partial charge in [0.2, 0.25) is 0 Å². The Hall–Kier alpha value is -1.49. The van der Waals surface area contributed by atoms with Gasteiger partial charge >= 0.3 is 30.2 Å². The van der Waals surface area contributed by atoms with E-state index >= 15 is 0 Å². The molecule has 0 bridgehead atoms. The van der Waals surface area contributed by atoms with Crippen LogP contribution in [0.25, 0.3) is 0 Å². The van der Waals surface area contributed by atoms with Crippen LogP contribution < -0.4 is 0 Å². The summed E-state index contributed by atoms with van der Waals surface area (Å²) in [6, 6.07) is 0. The van der Waals surface area contributed by atoms with Crippen molar-refractivity contribution in [3.05, 3.63) is 11.6 Å². The first kappa shape index (κ1) is 21.5. The molecular weight excluding hydrogens is 354 g/mol. The first-order valence-electron chi connectivity index (χ1n) is 5.83. The molecule has 0 unspecified atom stereocenters. The Kier molecular flexibility index (Phi) is 6.50. The second-order valence-corrected chi connectivity index (χ2v) is 4.25. The van der Waals surface area contributed by atoms with Crippen molar-refractivity contribution in [1.29, 1.82) is 0 Å². The van der Waals surface area contributed by atoms with E-state index in [1.165, 1.54) is 0 Å². The number of allylic oxidation sites excluding steroid dienone is 1. The van der Waals surface area contributed by atoms with Gasteiger partial charge in [-0.1, -0.05) is 6.92 Å². The highest BCUT2D eigenvalue weighted by Gasteiger charge is 2.54. The van der Waals surface area contributed by atoms with Gasteiger partial charge in [-0.25, -0.2) is 4.79 Å². The minimum absolute atomic E-state index is 0.716. The van der Waals surface area contributed by atoms with Crippen molar-refractivity contribution >= 4 is 5.97 Å². The fraction of sp³-hybridized carbons (Fsp3) is 0.727. The van der Waals surface area contributed by atoms with Gasteiger partial charge < -0.3 is 4.74 Å². The standard InChI is InChI=1S/C11H10F10O2/c1-2-8(12,13)9(14,15)3-4-23-7(22)6(11(19,20)21)5-10(16,17)18/h5H,2-4H2,1H3/b6-5+. The van der Waals surface area contributed by atoms with E-state index in [0.717, 1.165) is 0 Å². The zero-order valence-corrected chi connectivity index (χ0v) is 11.3. The van der Waals surface area contributed by atoms with Gasteiger partial charge in [0.25, 0.3) is 0 Å². The van der Waals surface area contributed by atoms with Crippen molar-refractivity contribution in [2.75, 3.05) is 6.61 Å². The zero-order chi connectivity index (χ0) is 18.7. The molecule has 0 aliphatic heterocycles. The maximum Gasteiger partial charge on any atom is 0.423 e. The summed E-state index contributed by atoms with van der Waals surface area (Å²) in [4.78, 5) is 10.9. The van der Waals surface area contributed by atoms with E-state index in [9.17, 15) is 48.7 Å². The Bertz CT molecular complexity index is 447. The second-order valence-electron chi connectivity index (χ2n) is 4.25. The molecule has 0 aromatic rings. The van der Waals surface area contributed by atoms with Crippen LogP contribution in [-0.4, -0.2) is 36.8 Å². The monoisotopic (exact) mass is 364 g/mol. The van der Waals surface area contributed by atoms with Gasteiger partial charge in [0.05, 0.1) is 13.0 Å². The smallest absolute Gasteiger partial charge is 0.423 e. The predicted molar refractivity (Wildman–Crippen MR) is 56.0 cm³/mol. The number of rotatable bonds is 6. The molecule has 0 atom stereocenters. The van der Waals surface area contributed by atoms with E-state index in [1.807, 2.05) is 0 Å². The van der Waals surface area contributed by atoms with E-state index in [-0.39, 0.29) is 0 Å². The molecular formula is C11H10F10O2. The zero-order valence-electron chi connectivity index (χ0n) is 11.3. The van der Waals surface area contributed by atoms with Gasteiger partial charge in [-0.2, -0.15) is 43.9 Å². The summed E-state index contributed by atoms with van der Waals surface area (Å²) in [6.45, 7) is -0.902. The molecule has 0 saturated heterocycles. The third-order valence-corrected chi connectivity index (χ3v) is 2.46. The van der Waals surface area contributed by atoms with E-state index in [1.54, 1.807) is 0 Å². The number of carbonyl (C=O) groups excluding carboxylic acids is 1. The molecule has 23 heavy (non-hydrogen) atoms. The molecule has 0 radical (unpaired) electrons. The van der Waals surface area contributed by atoms with Crippen LogP contribution in [0.4, 0.5) is 43.9 Å². The summed E-state index contributed by atoms with van der Waals surface area (Å²) < 4.78 is 128. The second kappa shape index (κ2) is 6.95. The molecule has 0 aromatic carbocycles. The van der Waals surface area contributed by atoms with Crippen LogP contribution in [0.15, 0.2) is 11.6 Å².